The minimum Gasteiger partial charge on any atom is -0.364 e. The van der Waals surface area contributed by atoms with Gasteiger partial charge in [-0.3, -0.25) is 9.59 Å². The fraction of sp³-hybridized carbons (Fsp3) is 0.368. The molecule has 1 aromatic carbocycles. The number of primary amides is 1. The fourth-order valence-corrected chi connectivity index (χ4v) is 3.28. The number of amides is 2. The van der Waals surface area contributed by atoms with E-state index in [9.17, 15) is 9.59 Å². The van der Waals surface area contributed by atoms with Gasteiger partial charge in [-0.1, -0.05) is 18.2 Å². The summed E-state index contributed by atoms with van der Waals surface area (Å²) in [5, 5.41) is 0. The Labute approximate surface area is 147 Å². The molecule has 0 spiro atoms. The number of hydrogen-bond acceptors (Lipinski definition) is 4. The molecule has 0 aliphatic carbocycles. The van der Waals surface area contributed by atoms with Gasteiger partial charge in [0.05, 0.1) is 0 Å². The molecule has 1 saturated heterocycles. The third kappa shape index (κ3) is 4.41. The monoisotopic (exact) mass is 338 g/mol. The van der Waals surface area contributed by atoms with Crippen molar-refractivity contribution in [3.05, 3.63) is 59.7 Å². The van der Waals surface area contributed by atoms with Crippen LogP contribution in [0.2, 0.25) is 0 Å². The molecule has 6 heteroatoms. The number of nitrogens with two attached hydrogens (primary N) is 1. The van der Waals surface area contributed by atoms with Crippen molar-refractivity contribution < 1.29 is 9.59 Å². The van der Waals surface area contributed by atoms with Gasteiger partial charge in [0.25, 0.3) is 11.8 Å². The van der Waals surface area contributed by atoms with Gasteiger partial charge in [0, 0.05) is 24.3 Å². The van der Waals surface area contributed by atoms with Crippen LogP contribution in [0, 0.1) is 5.92 Å². The number of aromatic nitrogens is 2. The van der Waals surface area contributed by atoms with E-state index in [1.165, 1.54) is 6.33 Å². The lowest BCUT2D eigenvalue weighted by Gasteiger charge is -2.20. The fourth-order valence-electron chi connectivity index (χ4n) is 3.28. The Kier molecular flexibility index (Phi) is 5.38. The van der Waals surface area contributed by atoms with Gasteiger partial charge in [0.15, 0.2) is 0 Å². The van der Waals surface area contributed by atoms with Gasteiger partial charge in [0.2, 0.25) is 0 Å². The molecule has 6 nitrogen and oxygen atoms in total. The summed E-state index contributed by atoms with van der Waals surface area (Å²) in [6.45, 7) is 1.52. The van der Waals surface area contributed by atoms with E-state index in [2.05, 4.69) is 9.97 Å². The van der Waals surface area contributed by atoms with Crippen molar-refractivity contribution in [1.29, 1.82) is 0 Å². The Morgan fingerprint density at radius 2 is 1.92 bits per heavy atom. The molecule has 2 amide bonds. The average Bonchev–Trinajstić information content (AvgIpc) is 2.87. The first-order chi connectivity index (χ1) is 12.1. The van der Waals surface area contributed by atoms with Gasteiger partial charge in [-0.2, -0.15) is 0 Å². The molecule has 0 radical (unpaired) electrons. The van der Waals surface area contributed by atoms with Crippen molar-refractivity contribution in [3.8, 4) is 0 Å². The van der Waals surface area contributed by atoms with E-state index in [1.54, 1.807) is 6.07 Å². The van der Waals surface area contributed by atoms with Crippen molar-refractivity contribution in [3.63, 3.8) is 0 Å². The number of rotatable bonds is 4. The highest BCUT2D eigenvalue weighted by Gasteiger charge is 2.22. The molecule has 2 N–H and O–H groups in total. The van der Waals surface area contributed by atoms with Crippen LogP contribution in [-0.4, -0.2) is 39.8 Å². The van der Waals surface area contributed by atoms with Crippen LogP contribution >= 0.6 is 0 Å². The van der Waals surface area contributed by atoms with Gasteiger partial charge in [-0.05, 0) is 49.8 Å². The van der Waals surface area contributed by atoms with Crippen LogP contribution in [0.5, 0.6) is 0 Å². The SMILES string of the molecule is NC(=O)c1cc(C[C@@H]2CCCN(C(=O)c3ccccc3)CC2)ncn1. The van der Waals surface area contributed by atoms with Gasteiger partial charge in [0.1, 0.15) is 12.0 Å². The molecule has 1 fully saturated rings. The smallest absolute Gasteiger partial charge is 0.267 e. The maximum absolute atomic E-state index is 12.6. The second-order valence-electron chi connectivity index (χ2n) is 6.42. The number of nitrogens with zero attached hydrogens (tertiary/aromatic N) is 3. The summed E-state index contributed by atoms with van der Waals surface area (Å²) >= 11 is 0. The predicted molar refractivity (Wildman–Crippen MR) is 93.9 cm³/mol. The van der Waals surface area contributed by atoms with Crippen LogP contribution in [0.1, 0.15) is 45.8 Å². The second kappa shape index (κ2) is 7.88. The number of carbonyl (C=O) groups is 2. The molecular formula is C19H22N4O2. The van der Waals surface area contributed by atoms with Crippen LogP contribution in [0.3, 0.4) is 0 Å². The Balaban J connectivity index is 1.61. The topological polar surface area (TPSA) is 89.2 Å². The highest BCUT2D eigenvalue weighted by molar-refractivity contribution is 5.94. The third-order valence-corrected chi connectivity index (χ3v) is 4.63. The van der Waals surface area contributed by atoms with E-state index in [4.69, 9.17) is 5.73 Å². The van der Waals surface area contributed by atoms with E-state index >= 15 is 0 Å². The molecule has 1 aliphatic rings. The maximum atomic E-state index is 12.6. The third-order valence-electron chi connectivity index (χ3n) is 4.63. The van der Waals surface area contributed by atoms with Crippen LogP contribution < -0.4 is 5.73 Å². The molecule has 0 bridgehead atoms. The number of benzene rings is 1. The summed E-state index contributed by atoms with van der Waals surface area (Å²) < 4.78 is 0. The lowest BCUT2D eigenvalue weighted by Crippen LogP contribution is -2.32. The molecule has 130 valence electrons. The van der Waals surface area contributed by atoms with Crippen LogP contribution in [0.4, 0.5) is 0 Å². The minimum atomic E-state index is -0.538. The second-order valence-corrected chi connectivity index (χ2v) is 6.42. The average molecular weight is 338 g/mol. The lowest BCUT2D eigenvalue weighted by atomic mass is 9.95. The zero-order valence-corrected chi connectivity index (χ0v) is 14.1. The Hall–Kier alpha value is -2.76. The zero-order valence-electron chi connectivity index (χ0n) is 14.1. The summed E-state index contributed by atoms with van der Waals surface area (Å²) in [5.74, 6) is -0.00681. The quantitative estimate of drug-likeness (QED) is 0.924. The van der Waals surface area contributed by atoms with Crippen LogP contribution in [-0.2, 0) is 6.42 Å². The summed E-state index contributed by atoms with van der Waals surface area (Å²) in [7, 11) is 0. The normalized spacial score (nSPS) is 17.8. The number of carbonyl (C=O) groups excluding carboxylic acids is 2. The first-order valence-corrected chi connectivity index (χ1v) is 8.58. The van der Waals surface area contributed by atoms with Gasteiger partial charge in [-0.25, -0.2) is 9.97 Å². The molecule has 2 heterocycles. The molecule has 25 heavy (non-hydrogen) atoms. The van der Waals surface area contributed by atoms with Gasteiger partial charge >= 0.3 is 0 Å². The van der Waals surface area contributed by atoms with Gasteiger partial charge < -0.3 is 10.6 Å². The Morgan fingerprint density at radius 3 is 2.68 bits per heavy atom. The van der Waals surface area contributed by atoms with E-state index in [0.29, 0.717) is 5.92 Å². The van der Waals surface area contributed by atoms with E-state index in [1.807, 2.05) is 35.2 Å². The van der Waals surface area contributed by atoms with E-state index in [0.717, 1.165) is 50.0 Å². The van der Waals surface area contributed by atoms with Crippen molar-refractivity contribution in [1.82, 2.24) is 14.9 Å². The number of likely N-dealkylation sites (tertiary alicyclic amines) is 1. The summed E-state index contributed by atoms with van der Waals surface area (Å²) in [5.41, 5.74) is 7.09. The highest BCUT2D eigenvalue weighted by Crippen LogP contribution is 2.22. The number of hydrogen-bond donors (Lipinski definition) is 1. The molecular weight excluding hydrogens is 316 g/mol. The Morgan fingerprint density at radius 1 is 1.12 bits per heavy atom. The van der Waals surface area contributed by atoms with Crippen molar-refractivity contribution in [2.45, 2.75) is 25.7 Å². The maximum Gasteiger partial charge on any atom is 0.267 e. The Bertz CT molecular complexity index is 748. The van der Waals surface area contributed by atoms with Crippen molar-refractivity contribution in [2.24, 2.45) is 11.7 Å². The molecule has 1 atom stereocenters. The lowest BCUT2D eigenvalue weighted by molar-refractivity contribution is 0.0759. The largest absolute Gasteiger partial charge is 0.364 e. The molecule has 3 rings (SSSR count). The zero-order chi connectivity index (χ0) is 17.6. The minimum absolute atomic E-state index is 0.0966. The molecule has 2 aromatic rings. The predicted octanol–water partition coefficient (Wildman–Crippen LogP) is 2.06. The van der Waals surface area contributed by atoms with E-state index < -0.39 is 5.91 Å². The highest BCUT2D eigenvalue weighted by atomic mass is 16.2. The summed E-state index contributed by atoms with van der Waals surface area (Å²) in [4.78, 5) is 33.9. The molecule has 0 unspecified atom stereocenters. The first kappa shape index (κ1) is 17.1. The first-order valence-electron chi connectivity index (χ1n) is 8.58. The summed E-state index contributed by atoms with van der Waals surface area (Å²) in [6, 6.07) is 11.1. The van der Waals surface area contributed by atoms with Gasteiger partial charge in [-0.15, -0.1) is 0 Å². The molecule has 1 aromatic heterocycles. The van der Waals surface area contributed by atoms with E-state index in [-0.39, 0.29) is 11.6 Å². The standard InChI is InChI=1S/C19H22N4O2/c20-18(24)17-12-16(21-13-22-17)11-14-5-4-9-23(10-8-14)19(25)15-6-2-1-3-7-15/h1-3,6-7,12-14H,4-5,8-11H2,(H2,20,24)/t14-/m1/s1. The summed E-state index contributed by atoms with van der Waals surface area (Å²) in [6.07, 6.45) is 5.09. The molecule has 1 aliphatic heterocycles. The van der Waals surface area contributed by atoms with Crippen molar-refractivity contribution in [2.75, 3.05) is 13.1 Å². The van der Waals surface area contributed by atoms with Crippen molar-refractivity contribution >= 4 is 11.8 Å². The van der Waals surface area contributed by atoms with Crippen LogP contribution in [0.15, 0.2) is 42.7 Å². The molecule has 0 saturated carbocycles. The van der Waals surface area contributed by atoms with Crippen LogP contribution in [0.25, 0.3) is 0 Å².